The summed E-state index contributed by atoms with van der Waals surface area (Å²) in [5.74, 6) is 0. The van der Waals surface area contributed by atoms with Gasteiger partial charge >= 0.3 is 0 Å². The average molecular weight is 283 g/mol. The van der Waals surface area contributed by atoms with E-state index in [2.05, 4.69) is 4.72 Å². The number of rotatable bonds is 7. The molecule has 1 aromatic rings. The summed E-state index contributed by atoms with van der Waals surface area (Å²) >= 11 is 0. The number of benzene rings is 1. The largest absolute Gasteiger partial charge is 0.289 e. The van der Waals surface area contributed by atoms with Crippen molar-refractivity contribution in [2.45, 2.75) is 24.2 Å². The third kappa shape index (κ3) is 4.31. The zero-order chi connectivity index (χ0) is 14.3. The molecule has 102 valence electrons. The zero-order valence-corrected chi connectivity index (χ0v) is 10.9. The van der Waals surface area contributed by atoms with Crippen LogP contribution >= 0.6 is 0 Å². The van der Waals surface area contributed by atoms with E-state index in [9.17, 15) is 18.5 Å². The summed E-state index contributed by atoms with van der Waals surface area (Å²) < 4.78 is 26.1. The maximum Gasteiger partial charge on any atom is 0.289 e. The number of nitro groups is 1. The first-order chi connectivity index (χ1) is 8.99. The molecule has 0 bridgehead atoms. The molecule has 8 heteroatoms. The Morgan fingerprint density at radius 2 is 2.00 bits per heavy atom. The summed E-state index contributed by atoms with van der Waals surface area (Å²) in [7, 11) is -3.90. The van der Waals surface area contributed by atoms with Crippen molar-refractivity contribution in [3.8, 4) is 6.07 Å². The van der Waals surface area contributed by atoms with Crippen molar-refractivity contribution in [3.05, 3.63) is 34.4 Å². The van der Waals surface area contributed by atoms with Gasteiger partial charge in [-0.1, -0.05) is 12.1 Å². The number of nitrogens with zero attached hydrogens (tertiary/aromatic N) is 2. The van der Waals surface area contributed by atoms with Crippen molar-refractivity contribution in [1.82, 2.24) is 4.72 Å². The number of sulfonamides is 1. The summed E-state index contributed by atoms with van der Waals surface area (Å²) in [4.78, 5) is 9.68. The van der Waals surface area contributed by atoms with Crippen molar-refractivity contribution >= 4 is 15.7 Å². The standard InChI is InChI=1S/C11H13N3O4S/c12-8-4-1-5-9-13-19(17,18)11-7-3-2-6-10(11)14(15)16/h2-3,6-7,13H,1,4-5,9H2. The summed E-state index contributed by atoms with van der Waals surface area (Å²) in [6, 6.07) is 7.12. The van der Waals surface area contributed by atoms with Crippen LogP contribution in [0.2, 0.25) is 0 Å². The summed E-state index contributed by atoms with van der Waals surface area (Å²) in [6.45, 7) is 0.149. The Morgan fingerprint density at radius 3 is 2.63 bits per heavy atom. The monoisotopic (exact) mass is 283 g/mol. The van der Waals surface area contributed by atoms with E-state index < -0.39 is 20.6 Å². The van der Waals surface area contributed by atoms with Crippen LogP contribution in [0.4, 0.5) is 5.69 Å². The van der Waals surface area contributed by atoms with E-state index in [1.54, 1.807) is 0 Å². The number of nitro benzene ring substituents is 1. The molecule has 0 amide bonds. The third-order valence-electron chi connectivity index (χ3n) is 2.36. The number of para-hydroxylation sites is 1. The Bertz CT molecular complexity index is 592. The van der Waals surface area contributed by atoms with Crippen LogP contribution < -0.4 is 4.72 Å². The molecule has 19 heavy (non-hydrogen) atoms. The first kappa shape index (κ1) is 15.1. The highest BCUT2D eigenvalue weighted by molar-refractivity contribution is 7.89. The second kappa shape index (κ2) is 6.82. The summed E-state index contributed by atoms with van der Waals surface area (Å²) in [5.41, 5.74) is -0.452. The first-order valence-corrected chi connectivity index (χ1v) is 7.07. The van der Waals surface area contributed by atoms with E-state index in [1.165, 1.54) is 18.2 Å². The van der Waals surface area contributed by atoms with Gasteiger partial charge in [0.2, 0.25) is 10.0 Å². The molecule has 0 spiro atoms. The molecule has 0 aromatic heterocycles. The molecule has 0 saturated carbocycles. The Hall–Kier alpha value is -1.98. The highest BCUT2D eigenvalue weighted by atomic mass is 32.2. The van der Waals surface area contributed by atoms with Gasteiger partial charge in [-0.15, -0.1) is 0 Å². The highest BCUT2D eigenvalue weighted by Gasteiger charge is 2.24. The fourth-order valence-electron chi connectivity index (χ4n) is 1.45. The highest BCUT2D eigenvalue weighted by Crippen LogP contribution is 2.22. The van der Waals surface area contributed by atoms with Gasteiger partial charge in [0.15, 0.2) is 4.90 Å². The molecule has 0 saturated heterocycles. The van der Waals surface area contributed by atoms with Crippen LogP contribution in [0.5, 0.6) is 0 Å². The smallest absolute Gasteiger partial charge is 0.258 e. The molecule has 1 rings (SSSR count). The summed E-state index contributed by atoms with van der Waals surface area (Å²) in [5, 5.41) is 19.1. The lowest BCUT2D eigenvalue weighted by atomic mass is 10.2. The van der Waals surface area contributed by atoms with Gasteiger partial charge in [0.1, 0.15) is 0 Å². The van der Waals surface area contributed by atoms with Crippen molar-refractivity contribution in [1.29, 1.82) is 5.26 Å². The second-order valence-electron chi connectivity index (χ2n) is 3.74. The minimum atomic E-state index is -3.90. The maximum atomic E-state index is 11.9. The number of nitriles is 1. The number of unbranched alkanes of at least 4 members (excludes halogenated alkanes) is 2. The molecule has 1 N–H and O–H groups in total. The minimum absolute atomic E-state index is 0.149. The van der Waals surface area contributed by atoms with Crippen LogP contribution in [0.3, 0.4) is 0 Å². The fraction of sp³-hybridized carbons (Fsp3) is 0.364. The Balaban J connectivity index is 2.78. The SMILES string of the molecule is N#CCCCCNS(=O)(=O)c1ccccc1[N+](=O)[O-]. The molecule has 0 heterocycles. The van der Waals surface area contributed by atoms with Crippen molar-refractivity contribution in [2.75, 3.05) is 6.54 Å². The van der Waals surface area contributed by atoms with E-state index in [1.807, 2.05) is 6.07 Å². The minimum Gasteiger partial charge on any atom is -0.258 e. The van der Waals surface area contributed by atoms with Crippen molar-refractivity contribution in [2.24, 2.45) is 0 Å². The normalized spacial score (nSPS) is 10.9. The molecule has 0 radical (unpaired) electrons. The van der Waals surface area contributed by atoms with Crippen LogP contribution in [0.15, 0.2) is 29.2 Å². The molecule has 7 nitrogen and oxygen atoms in total. The van der Waals surface area contributed by atoms with E-state index in [-0.39, 0.29) is 11.4 Å². The quantitative estimate of drug-likeness (QED) is 0.463. The van der Waals surface area contributed by atoms with Gasteiger partial charge in [-0.2, -0.15) is 5.26 Å². The van der Waals surface area contributed by atoms with Gasteiger partial charge in [-0.25, -0.2) is 13.1 Å². The molecule has 0 aliphatic rings. The topological polar surface area (TPSA) is 113 Å². The van der Waals surface area contributed by atoms with Gasteiger partial charge < -0.3 is 0 Å². The maximum absolute atomic E-state index is 11.9. The van der Waals surface area contributed by atoms with Crippen LogP contribution in [-0.4, -0.2) is 19.9 Å². The Morgan fingerprint density at radius 1 is 1.32 bits per heavy atom. The lowest BCUT2D eigenvalue weighted by Crippen LogP contribution is -2.25. The van der Waals surface area contributed by atoms with E-state index in [0.717, 1.165) is 6.07 Å². The van der Waals surface area contributed by atoms with Crippen molar-refractivity contribution in [3.63, 3.8) is 0 Å². The third-order valence-corrected chi connectivity index (χ3v) is 3.87. The van der Waals surface area contributed by atoms with Crippen LogP contribution in [0, 0.1) is 21.4 Å². The van der Waals surface area contributed by atoms with Gasteiger partial charge in [-0.3, -0.25) is 10.1 Å². The molecule has 1 aromatic carbocycles. The fourth-order valence-corrected chi connectivity index (χ4v) is 2.69. The van der Waals surface area contributed by atoms with Crippen molar-refractivity contribution < 1.29 is 13.3 Å². The van der Waals surface area contributed by atoms with Crippen LogP contribution in [-0.2, 0) is 10.0 Å². The zero-order valence-electron chi connectivity index (χ0n) is 10.1. The predicted octanol–water partition coefficient (Wildman–Crippen LogP) is 1.57. The Labute approximate surface area is 111 Å². The molecule has 0 aliphatic heterocycles. The number of nitrogens with one attached hydrogen (secondary N) is 1. The average Bonchev–Trinajstić information content (AvgIpc) is 2.38. The van der Waals surface area contributed by atoms with E-state index in [4.69, 9.17) is 5.26 Å². The van der Waals surface area contributed by atoms with Gasteiger partial charge in [0.25, 0.3) is 5.69 Å². The Kier molecular flexibility index (Phi) is 5.41. The molecule has 0 aliphatic carbocycles. The summed E-state index contributed by atoms with van der Waals surface area (Å²) in [6.07, 6.45) is 1.44. The van der Waals surface area contributed by atoms with Crippen LogP contribution in [0.1, 0.15) is 19.3 Å². The molecule has 0 fully saturated rings. The number of hydrogen-bond acceptors (Lipinski definition) is 5. The van der Waals surface area contributed by atoms with Gasteiger partial charge in [0.05, 0.1) is 11.0 Å². The molecule has 0 atom stereocenters. The molecule has 0 unspecified atom stereocenters. The van der Waals surface area contributed by atoms with E-state index in [0.29, 0.717) is 19.3 Å². The van der Waals surface area contributed by atoms with Gasteiger partial charge in [0, 0.05) is 19.0 Å². The van der Waals surface area contributed by atoms with Gasteiger partial charge in [-0.05, 0) is 18.9 Å². The lowest BCUT2D eigenvalue weighted by molar-refractivity contribution is -0.387. The lowest BCUT2D eigenvalue weighted by Gasteiger charge is -2.06. The van der Waals surface area contributed by atoms with E-state index >= 15 is 0 Å². The van der Waals surface area contributed by atoms with Crippen LogP contribution in [0.25, 0.3) is 0 Å². The predicted molar refractivity (Wildman–Crippen MR) is 67.7 cm³/mol. The number of hydrogen-bond donors (Lipinski definition) is 1. The second-order valence-corrected chi connectivity index (χ2v) is 5.47. The first-order valence-electron chi connectivity index (χ1n) is 5.59. The molecular formula is C11H13N3O4S. The molecular weight excluding hydrogens is 270 g/mol.